The van der Waals surface area contributed by atoms with Gasteiger partial charge in [0.2, 0.25) is 5.91 Å². The highest BCUT2D eigenvalue weighted by atomic mass is 35.5. The van der Waals surface area contributed by atoms with Gasteiger partial charge in [0.25, 0.3) is 0 Å². The third kappa shape index (κ3) is 3.00. The van der Waals surface area contributed by atoms with E-state index in [0.717, 1.165) is 4.88 Å². The van der Waals surface area contributed by atoms with Crippen molar-refractivity contribution in [1.82, 2.24) is 5.32 Å². The first-order valence-corrected chi connectivity index (χ1v) is 5.30. The molecule has 0 aromatic carbocycles. The SMILES string of the molecule is O=C=C(CNC(=O)CCl)c1cccs1. The summed E-state index contributed by atoms with van der Waals surface area (Å²) in [4.78, 5) is 22.2. The van der Waals surface area contributed by atoms with E-state index in [4.69, 9.17) is 11.6 Å². The van der Waals surface area contributed by atoms with Crippen LogP contribution in [-0.4, -0.2) is 24.3 Å². The number of thiophene rings is 1. The molecule has 1 aromatic rings. The zero-order valence-corrected chi connectivity index (χ0v) is 8.82. The third-order valence-electron chi connectivity index (χ3n) is 1.53. The van der Waals surface area contributed by atoms with E-state index >= 15 is 0 Å². The zero-order chi connectivity index (χ0) is 10.4. The quantitative estimate of drug-likeness (QED) is 0.625. The van der Waals surface area contributed by atoms with Crippen LogP contribution in [0.4, 0.5) is 0 Å². The van der Waals surface area contributed by atoms with Crippen molar-refractivity contribution >= 4 is 40.4 Å². The number of hydrogen-bond donors (Lipinski definition) is 1. The van der Waals surface area contributed by atoms with Gasteiger partial charge in [0.05, 0.1) is 12.1 Å². The summed E-state index contributed by atoms with van der Waals surface area (Å²) >= 11 is 6.72. The summed E-state index contributed by atoms with van der Waals surface area (Å²) in [5, 5.41) is 4.37. The van der Waals surface area contributed by atoms with Gasteiger partial charge in [0.15, 0.2) is 0 Å². The fourth-order valence-corrected chi connectivity index (χ4v) is 1.67. The number of hydrogen-bond acceptors (Lipinski definition) is 3. The molecule has 0 saturated heterocycles. The van der Waals surface area contributed by atoms with Crippen LogP contribution in [0.15, 0.2) is 17.5 Å². The molecule has 0 radical (unpaired) electrons. The van der Waals surface area contributed by atoms with Gasteiger partial charge in [-0.3, -0.25) is 4.79 Å². The highest BCUT2D eigenvalue weighted by Gasteiger charge is 2.05. The largest absolute Gasteiger partial charge is 0.350 e. The Morgan fingerprint density at radius 2 is 2.43 bits per heavy atom. The molecular formula is C9H8ClNO2S. The fourth-order valence-electron chi connectivity index (χ4n) is 0.858. The van der Waals surface area contributed by atoms with Crippen LogP contribution in [0.2, 0.25) is 0 Å². The molecule has 0 fully saturated rings. The van der Waals surface area contributed by atoms with Gasteiger partial charge in [-0.1, -0.05) is 6.07 Å². The van der Waals surface area contributed by atoms with Crippen molar-refractivity contribution in [3.05, 3.63) is 22.4 Å². The smallest absolute Gasteiger partial charge is 0.235 e. The van der Waals surface area contributed by atoms with Gasteiger partial charge in [-0.2, -0.15) is 0 Å². The average Bonchev–Trinajstić information content (AvgIpc) is 2.72. The zero-order valence-electron chi connectivity index (χ0n) is 7.25. The van der Waals surface area contributed by atoms with Crippen molar-refractivity contribution in [1.29, 1.82) is 0 Å². The van der Waals surface area contributed by atoms with Crippen LogP contribution in [0.5, 0.6) is 0 Å². The normalized spacial score (nSPS) is 9.21. The van der Waals surface area contributed by atoms with E-state index in [2.05, 4.69) is 5.32 Å². The first kappa shape index (κ1) is 11.0. The van der Waals surface area contributed by atoms with Crippen molar-refractivity contribution in [2.45, 2.75) is 0 Å². The summed E-state index contributed by atoms with van der Waals surface area (Å²) in [6.07, 6.45) is 0. The number of amides is 1. The minimum atomic E-state index is -0.295. The van der Waals surface area contributed by atoms with Gasteiger partial charge in [-0.25, -0.2) is 4.79 Å². The molecule has 0 unspecified atom stereocenters. The van der Waals surface area contributed by atoms with Gasteiger partial charge >= 0.3 is 0 Å². The van der Waals surface area contributed by atoms with E-state index < -0.39 is 0 Å². The third-order valence-corrected chi connectivity index (χ3v) is 2.70. The number of carbonyl (C=O) groups is 1. The lowest BCUT2D eigenvalue weighted by Gasteiger charge is -2.01. The Bertz CT molecular complexity index is 355. The lowest BCUT2D eigenvalue weighted by molar-refractivity contribution is -0.118. The molecule has 0 saturated carbocycles. The second kappa shape index (κ2) is 5.60. The number of nitrogens with one attached hydrogen (secondary N) is 1. The van der Waals surface area contributed by atoms with Gasteiger partial charge < -0.3 is 5.32 Å². The van der Waals surface area contributed by atoms with Crippen LogP contribution in [-0.2, 0) is 9.59 Å². The Morgan fingerprint density at radius 3 is 2.93 bits per heavy atom. The predicted octanol–water partition coefficient (Wildman–Crippen LogP) is 1.32. The molecule has 74 valence electrons. The molecule has 1 rings (SSSR count). The molecule has 0 spiro atoms. The highest BCUT2D eigenvalue weighted by Crippen LogP contribution is 2.16. The van der Waals surface area contributed by atoms with Gasteiger partial charge in [-0.05, 0) is 11.4 Å². The van der Waals surface area contributed by atoms with Crippen LogP contribution in [0.25, 0.3) is 5.57 Å². The van der Waals surface area contributed by atoms with E-state index in [9.17, 15) is 9.59 Å². The Balaban J connectivity index is 2.59. The van der Waals surface area contributed by atoms with Crippen molar-refractivity contribution in [3.8, 4) is 0 Å². The Hall–Kier alpha value is -1.09. The topological polar surface area (TPSA) is 46.2 Å². The predicted molar refractivity (Wildman–Crippen MR) is 57.1 cm³/mol. The molecule has 1 amide bonds. The maximum absolute atomic E-state index is 10.8. The first-order valence-electron chi connectivity index (χ1n) is 3.88. The Morgan fingerprint density at radius 1 is 1.64 bits per heavy atom. The molecule has 0 aliphatic rings. The molecule has 1 aromatic heterocycles. The van der Waals surface area contributed by atoms with Crippen LogP contribution in [0.1, 0.15) is 4.88 Å². The molecule has 1 N–H and O–H groups in total. The summed E-state index contributed by atoms with van der Waals surface area (Å²) in [5.74, 6) is 1.41. The molecule has 0 atom stereocenters. The minimum absolute atomic E-state index is 0.101. The van der Waals surface area contributed by atoms with Crippen molar-refractivity contribution in [2.24, 2.45) is 0 Å². The van der Waals surface area contributed by atoms with Crippen molar-refractivity contribution < 1.29 is 9.59 Å². The molecule has 0 aliphatic heterocycles. The van der Waals surface area contributed by atoms with Gasteiger partial charge in [0, 0.05) is 4.88 Å². The molecule has 5 heteroatoms. The van der Waals surface area contributed by atoms with Crippen molar-refractivity contribution in [2.75, 3.05) is 12.4 Å². The molecule has 14 heavy (non-hydrogen) atoms. The van der Waals surface area contributed by atoms with Gasteiger partial charge in [-0.15, -0.1) is 22.9 Å². The van der Waals surface area contributed by atoms with Crippen LogP contribution in [0, 0.1) is 0 Å². The number of halogens is 1. The molecule has 3 nitrogen and oxygen atoms in total. The number of rotatable bonds is 4. The second-order valence-corrected chi connectivity index (χ2v) is 3.68. The summed E-state index contributed by atoms with van der Waals surface area (Å²) in [6.45, 7) is 0.176. The van der Waals surface area contributed by atoms with Crippen LogP contribution in [0.3, 0.4) is 0 Å². The van der Waals surface area contributed by atoms with E-state index in [1.807, 2.05) is 11.4 Å². The Labute approximate surface area is 90.4 Å². The van der Waals surface area contributed by atoms with E-state index in [-0.39, 0.29) is 18.3 Å². The lowest BCUT2D eigenvalue weighted by Crippen LogP contribution is -2.26. The molecule has 0 aliphatic carbocycles. The molecule has 1 heterocycles. The highest BCUT2D eigenvalue weighted by molar-refractivity contribution is 7.11. The first-order chi connectivity index (χ1) is 6.77. The number of alkyl halides is 1. The average molecular weight is 230 g/mol. The van der Waals surface area contributed by atoms with Crippen LogP contribution < -0.4 is 5.32 Å². The maximum atomic E-state index is 10.8. The van der Waals surface area contributed by atoms with E-state index in [1.54, 1.807) is 12.0 Å². The minimum Gasteiger partial charge on any atom is -0.350 e. The van der Waals surface area contributed by atoms with Gasteiger partial charge in [0.1, 0.15) is 11.8 Å². The summed E-state index contributed by atoms with van der Waals surface area (Å²) in [5.41, 5.74) is 0.443. The number of carbonyl (C=O) groups excluding carboxylic acids is 2. The maximum Gasteiger partial charge on any atom is 0.235 e. The summed E-state index contributed by atoms with van der Waals surface area (Å²) < 4.78 is 0. The lowest BCUT2D eigenvalue weighted by atomic mass is 10.2. The molecule has 0 bridgehead atoms. The summed E-state index contributed by atoms with van der Waals surface area (Å²) in [7, 11) is 0. The monoisotopic (exact) mass is 229 g/mol. The van der Waals surface area contributed by atoms with E-state index in [1.165, 1.54) is 11.3 Å². The standard InChI is InChI=1S/C9H8ClNO2S/c10-4-9(13)11-5-7(6-12)8-2-1-3-14-8/h1-3H,4-5H2,(H,11,13). The summed E-state index contributed by atoms with van der Waals surface area (Å²) in [6, 6.07) is 3.64. The molecular weight excluding hydrogens is 222 g/mol. The van der Waals surface area contributed by atoms with Crippen LogP contribution >= 0.6 is 22.9 Å². The Kier molecular flexibility index (Phi) is 4.40. The second-order valence-electron chi connectivity index (χ2n) is 2.47. The van der Waals surface area contributed by atoms with Crippen molar-refractivity contribution in [3.63, 3.8) is 0 Å². The fraction of sp³-hybridized carbons (Fsp3) is 0.222. The van der Waals surface area contributed by atoms with E-state index in [0.29, 0.717) is 5.57 Å².